The smallest absolute Gasteiger partial charge is 0.0664 e. The molecule has 1 aromatic carbocycles. The topological polar surface area (TPSA) is 47.3 Å². The van der Waals surface area contributed by atoms with E-state index in [9.17, 15) is 0 Å². The van der Waals surface area contributed by atoms with E-state index in [1.165, 1.54) is 5.56 Å². The van der Waals surface area contributed by atoms with Crippen molar-refractivity contribution < 1.29 is 4.74 Å². The Balaban J connectivity index is 2.52. The maximum absolute atomic E-state index is 5.52. The second-order valence-corrected chi connectivity index (χ2v) is 4.10. The zero-order valence-electron chi connectivity index (χ0n) is 10.2. The number of anilines is 1. The molecule has 0 heterocycles. The van der Waals surface area contributed by atoms with Crippen LogP contribution in [0.5, 0.6) is 0 Å². The molecule has 1 atom stereocenters. The number of ether oxygens (including phenoxy) is 1. The normalized spacial score (nSPS) is 12.4. The number of rotatable bonds is 7. The molecular formula is C13H22N2O. The zero-order chi connectivity index (χ0) is 11.8. The van der Waals surface area contributed by atoms with Crippen molar-refractivity contribution in [3.8, 4) is 0 Å². The fourth-order valence-electron chi connectivity index (χ4n) is 1.73. The third-order valence-electron chi connectivity index (χ3n) is 2.51. The Morgan fingerprint density at radius 2 is 2.25 bits per heavy atom. The highest BCUT2D eigenvalue weighted by molar-refractivity contribution is 5.46. The first kappa shape index (κ1) is 13.0. The molecule has 0 aromatic heterocycles. The summed E-state index contributed by atoms with van der Waals surface area (Å²) in [4.78, 5) is 0. The first-order valence-electron chi connectivity index (χ1n) is 5.78. The molecule has 1 rings (SSSR count). The Morgan fingerprint density at radius 3 is 2.88 bits per heavy atom. The van der Waals surface area contributed by atoms with Gasteiger partial charge >= 0.3 is 0 Å². The van der Waals surface area contributed by atoms with Gasteiger partial charge in [0, 0.05) is 18.8 Å². The summed E-state index contributed by atoms with van der Waals surface area (Å²) in [5, 5.41) is 3.48. The van der Waals surface area contributed by atoms with Crippen molar-refractivity contribution in [2.75, 3.05) is 25.6 Å². The molecule has 0 radical (unpaired) electrons. The maximum Gasteiger partial charge on any atom is 0.0664 e. The van der Waals surface area contributed by atoms with E-state index in [2.05, 4.69) is 36.5 Å². The molecule has 16 heavy (non-hydrogen) atoms. The van der Waals surface area contributed by atoms with E-state index >= 15 is 0 Å². The van der Waals surface area contributed by atoms with Crippen molar-refractivity contribution in [1.82, 2.24) is 0 Å². The van der Waals surface area contributed by atoms with Crippen LogP contribution >= 0.6 is 0 Å². The molecule has 0 saturated heterocycles. The number of hydrogen-bond donors (Lipinski definition) is 2. The first-order valence-corrected chi connectivity index (χ1v) is 5.78. The summed E-state index contributed by atoms with van der Waals surface area (Å²) in [5.41, 5.74) is 7.94. The van der Waals surface area contributed by atoms with Crippen LogP contribution in [0, 0.1) is 6.92 Å². The van der Waals surface area contributed by atoms with Crippen molar-refractivity contribution in [3.63, 3.8) is 0 Å². The summed E-state index contributed by atoms with van der Waals surface area (Å²) in [6.07, 6.45) is 2.06. The summed E-state index contributed by atoms with van der Waals surface area (Å²) >= 11 is 0. The van der Waals surface area contributed by atoms with Gasteiger partial charge in [-0.05, 0) is 44.0 Å². The average Bonchev–Trinajstić information content (AvgIpc) is 2.26. The number of nitrogens with two attached hydrogens (primary N) is 1. The van der Waals surface area contributed by atoms with Gasteiger partial charge in [-0.1, -0.05) is 12.1 Å². The Hall–Kier alpha value is -1.06. The average molecular weight is 222 g/mol. The molecule has 0 amide bonds. The van der Waals surface area contributed by atoms with E-state index in [0.717, 1.165) is 25.1 Å². The van der Waals surface area contributed by atoms with E-state index in [1.807, 2.05) is 0 Å². The van der Waals surface area contributed by atoms with Crippen LogP contribution in [0.25, 0.3) is 0 Å². The van der Waals surface area contributed by atoms with Gasteiger partial charge in [-0.2, -0.15) is 0 Å². The minimum absolute atomic E-state index is 0.343. The van der Waals surface area contributed by atoms with Crippen LogP contribution in [-0.2, 0) is 4.74 Å². The van der Waals surface area contributed by atoms with Crippen LogP contribution in [0.4, 0.5) is 5.69 Å². The van der Waals surface area contributed by atoms with Gasteiger partial charge < -0.3 is 15.8 Å². The lowest BCUT2D eigenvalue weighted by Crippen LogP contribution is -2.25. The minimum atomic E-state index is 0.343. The van der Waals surface area contributed by atoms with Crippen molar-refractivity contribution in [1.29, 1.82) is 0 Å². The highest BCUT2D eigenvalue weighted by Gasteiger charge is 2.07. The number of methoxy groups -OCH3 is 1. The molecule has 3 heteroatoms. The molecule has 0 saturated carbocycles. The predicted molar refractivity (Wildman–Crippen MR) is 68.8 cm³/mol. The number of nitrogens with one attached hydrogen (secondary N) is 1. The summed E-state index contributed by atoms with van der Waals surface area (Å²) in [7, 11) is 1.73. The molecule has 1 unspecified atom stereocenters. The van der Waals surface area contributed by atoms with Gasteiger partial charge in [-0.15, -0.1) is 0 Å². The Labute approximate surface area is 98.0 Å². The van der Waals surface area contributed by atoms with Gasteiger partial charge in [-0.3, -0.25) is 0 Å². The van der Waals surface area contributed by atoms with Gasteiger partial charge in [0.1, 0.15) is 0 Å². The lowest BCUT2D eigenvalue weighted by molar-refractivity contribution is 0.182. The Bertz CT molecular complexity index is 302. The van der Waals surface area contributed by atoms with Crippen LogP contribution in [0.15, 0.2) is 24.3 Å². The molecular weight excluding hydrogens is 200 g/mol. The number of aryl methyl sites for hydroxylation is 1. The summed E-state index contributed by atoms with van der Waals surface area (Å²) in [6.45, 7) is 3.54. The maximum atomic E-state index is 5.52. The minimum Gasteiger partial charge on any atom is -0.383 e. The highest BCUT2D eigenvalue weighted by Crippen LogP contribution is 2.12. The molecule has 0 aliphatic carbocycles. The van der Waals surface area contributed by atoms with E-state index in [0.29, 0.717) is 12.6 Å². The van der Waals surface area contributed by atoms with Crippen LogP contribution < -0.4 is 11.1 Å². The van der Waals surface area contributed by atoms with Crippen molar-refractivity contribution in [2.24, 2.45) is 5.73 Å². The molecule has 0 spiro atoms. The Kier molecular flexibility index (Phi) is 5.90. The lowest BCUT2D eigenvalue weighted by Gasteiger charge is -2.19. The predicted octanol–water partition coefficient (Wildman–Crippen LogP) is 2.16. The molecule has 0 bridgehead atoms. The first-order chi connectivity index (χ1) is 7.76. The van der Waals surface area contributed by atoms with Crippen molar-refractivity contribution in [2.45, 2.75) is 25.8 Å². The van der Waals surface area contributed by atoms with Crippen LogP contribution in [-0.4, -0.2) is 26.3 Å². The van der Waals surface area contributed by atoms with Gasteiger partial charge in [0.2, 0.25) is 0 Å². The van der Waals surface area contributed by atoms with E-state index in [1.54, 1.807) is 7.11 Å². The fourth-order valence-corrected chi connectivity index (χ4v) is 1.73. The molecule has 0 aliphatic rings. The largest absolute Gasteiger partial charge is 0.383 e. The summed E-state index contributed by atoms with van der Waals surface area (Å²) in [6, 6.07) is 8.72. The second kappa shape index (κ2) is 7.25. The molecule has 0 aliphatic heterocycles. The van der Waals surface area contributed by atoms with Gasteiger partial charge in [-0.25, -0.2) is 0 Å². The van der Waals surface area contributed by atoms with Crippen molar-refractivity contribution in [3.05, 3.63) is 29.8 Å². The van der Waals surface area contributed by atoms with Crippen molar-refractivity contribution >= 4 is 5.69 Å². The third kappa shape index (κ3) is 4.64. The van der Waals surface area contributed by atoms with E-state index < -0.39 is 0 Å². The quantitative estimate of drug-likeness (QED) is 0.743. The number of benzene rings is 1. The van der Waals surface area contributed by atoms with Gasteiger partial charge in [0.05, 0.1) is 6.61 Å². The van der Waals surface area contributed by atoms with E-state index in [4.69, 9.17) is 10.5 Å². The molecule has 3 nitrogen and oxygen atoms in total. The standard InChI is InChI=1S/C13H22N2O/c1-11-5-3-6-12(9-11)15-13(10-16-2)7-4-8-14/h3,5-6,9,13,15H,4,7-8,10,14H2,1-2H3. The van der Waals surface area contributed by atoms with Crippen LogP contribution in [0.2, 0.25) is 0 Å². The van der Waals surface area contributed by atoms with Gasteiger partial charge in [0.25, 0.3) is 0 Å². The zero-order valence-corrected chi connectivity index (χ0v) is 10.2. The van der Waals surface area contributed by atoms with Crippen LogP contribution in [0.1, 0.15) is 18.4 Å². The molecule has 1 aromatic rings. The molecule has 90 valence electrons. The SMILES string of the molecule is COCC(CCCN)Nc1cccc(C)c1. The summed E-state index contributed by atoms with van der Waals surface area (Å²) in [5.74, 6) is 0. The highest BCUT2D eigenvalue weighted by atomic mass is 16.5. The monoisotopic (exact) mass is 222 g/mol. The van der Waals surface area contributed by atoms with E-state index in [-0.39, 0.29) is 0 Å². The van der Waals surface area contributed by atoms with Crippen LogP contribution in [0.3, 0.4) is 0 Å². The van der Waals surface area contributed by atoms with Gasteiger partial charge in [0.15, 0.2) is 0 Å². The lowest BCUT2D eigenvalue weighted by atomic mass is 10.1. The second-order valence-electron chi connectivity index (χ2n) is 4.10. The Morgan fingerprint density at radius 1 is 1.44 bits per heavy atom. The third-order valence-corrected chi connectivity index (χ3v) is 2.51. The summed E-state index contributed by atoms with van der Waals surface area (Å²) < 4.78 is 5.20. The fraction of sp³-hybridized carbons (Fsp3) is 0.538. The molecule has 3 N–H and O–H groups in total. The molecule has 0 fully saturated rings. The number of hydrogen-bond acceptors (Lipinski definition) is 3.